The average Bonchev–Trinajstić information content (AvgIpc) is 2.75. The summed E-state index contributed by atoms with van der Waals surface area (Å²) in [5.74, 6) is 0.617. The molecule has 0 spiro atoms. The molecule has 0 aromatic heterocycles. The van der Waals surface area contributed by atoms with E-state index in [-0.39, 0.29) is 18.9 Å². The molecule has 9 heteroatoms. The van der Waals surface area contributed by atoms with Gasteiger partial charge in [0.05, 0.1) is 45.5 Å². The highest BCUT2D eigenvalue weighted by molar-refractivity contribution is 5.89. The number of hydrogen-bond donors (Lipinski definition) is 3. The zero-order valence-corrected chi connectivity index (χ0v) is 16.4. The molecule has 0 bridgehead atoms. The van der Waals surface area contributed by atoms with E-state index in [9.17, 15) is 14.7 Å². The second-order valence-corrected chi connectivity index (χ2v) is 6.83. The van der Waals surface area contributed by atoms with Crippen LogP contribution in [0.25, 0.3) is 0 Å². The molecule has 0 saturated carbocycles. The van der Waals surface area contributed by atoms with E-state index < -0.39 is 24.3 Å². The van der Waals surface area contributed by atoms with Crippen molar-refractivity contribution in [2.24, 2.45) is 0 Å². The average molecular weight is 405 g/mol. The Kier molecular flexibility index (Phi) is 7.45. The highest BCUT2D eigenvalue weighted by Crippen LogP contribution is 2.19. The molecule has 1 saturated heterocycles. The predicted octanol–water partition coefficient (Wildman–Crippen LogP) is 0.750. The predicted molar refractivity (Wildman–Crippen MR) is 106 cm³/mol. The number of ether oxygens (including phenoxy) is 3. The van der Waals surface area contributed by atoms with Gasteiger partial charge in [-0.2, -0.15) is 0 Å². The fraction of sp³-hybridized carbons (Fsp3) is 0.500. The summed E-state index contributed by atoms with van der Waals surface area (Å²) in [5.41, 5.74) is 0.581. The van der Waals surface area contributed by atoms with E-state index in [1.807, 2.05) is 0 Å². The highest BCUT2D eigenvalue weighted by Gasteiger charge is 2.30. The largest absolute Gasteiger partial charge is 0.497 e. The first-order valence-electron chi connectivity index (χ1n) is 9.61. The van der Waals surface area contributed by atoms with Crippen molar-refractivity contribution in [3.8, 4) is 5.75 Å². The quantitative estimate of drug-likeness (QED) is 0.603. The summed E-state index contributed by atoms with van der Waals surface area (Å²) in [7, 11) is 1.55. The molecule has 29 heavy (non-hydrogen) atoms. The second-order valence-electron chi connectivity index (χ2n) is 6.83. The number of rotatable bonds is 6. The van der Waals surface area contributed by atoms with Crippen molar-refractivity contribution in [1.29, 1.82) is 0 Å². The topological polar surface area (TPSA) is 109 Å². The van der Waals surface area contributed by atoms with E-state index in [1.54, 1.807) is 48.4 Å². The lowest BCUT2D eigenvalue weighted by Gasteiger charge is -2.33. The summed E-state index contributed by atoms with van der Waals surface area (Å²) >= 11 is 0. The summed E-state index contributed by atoms with van der Waals surface area (Å²) in [5, 5.41) is 15.2. The first kappa shape index (κ1) is 21.1. The van der Waals surface area contributed by atoms with Crippen molar-refractivity contribution in [3.63, 3.8) is 0 Å². The molecular weight excluding hydrogens is 378 g/mol. The molecule has 9 nitrogen and oxygen atoms in total. The van der Waals surface area contributed by atoms with Crippen LogP contribution in [0.1, 0.15) is 6.42 Å². The lowest BCUT2D eigenvalue weighted by Crippen LogP contribution is -2.50. The standard InChI is InChI=1S/C20H27N3O6/c1-27-15-4-2-3-14(11-15)21-20(26)22-17-6-5-16(29-18(17)13-24)12-19(25)23-7-9-28-10-8-23/h2-6,11,16-18,24H,7-10,12-13H2,1H3,(H2,21,22,26)/t16-,17-,18-/m1/s1. The number of carbonyl (C=O) groups is 2. The van der Waals surface area contributed by atoms with E-state index in [2.05, 4.69) is 10.6 Å². The van der Waals surface area contributed by atoms with E-state index in [1.165, 1.54) is 0 Å². The van der Waals surface area contributed by atoms with Crippen LogP contribution in [0.15, 0.2) is 36.4 Å². The van der Waals surface area contributed by atoms with Crippen molar-refractivity contribution in [2.45, 2.75) is 24.7 Å². The first-order valence-corrected chi connectivity index (χ1v) is 9.61. The Morgan fingerprint density at radius 1 is 1.28 bits per heavy atom. The molecule has 0 radical (unpaired) electrons. The monoisotopic (exact) mass is 405 g/mol. The van der Waals surface area contributed by atoms with Gasteiger partial charge < -0.3 is 34.9 Å². The zero-order chi connectivity index (χ0) is 20.6. The third kappa shape index (κ3) is 5.93. The number of nitrogens with zero attached hydrogens (tertiary/aromatic N) is 1. The van der Waals surface area contributed by atoms with Crippen molar-refractivity contribution in [3.05, 3.63) is 36.4 Å². The van der Waals surface area contributed by atoms with Gasteiger partial charge in [-0.1, -0.05) is 18.2 Å². The van der Waals surface area contributed by atoms with Gasteiger partial charge in [0.15, 0.2) is 0 Å². The Labute approximate surface area is 169 Å². The lowest BCUT2D eigenvalue weighted by atomic mass is 10.0. The minimum Gasteiger partial charge on any atom is -0.497 e. The van der Waals surface area contributed by atoms with E-state index in [4.69, 9.17) is 14.2 Å². The van der Waals surface area contributed by atoms with Gasteiger partial charge in [-0.3, -0.25) is 4.79 Å². The van der Waals surface area contributed by atoms with Gasteiger partial charge in [0.25, 0.3) is 0 Å². The maximum absolute atomic E-state index is 12.4. The molecule has 0 unspecified atom stereocenters. The Morgan fingerprint density at radius 2 is 2.07 bits per heavy atom. The minimum absolute atomic E-state index is 0.0122. The first-order chi connectivity index (χ1) is 14.1. The van der Waals surface area contributed by atoms with Crippen LogP contribution in [0.3, 0.4) is 0 Å². The number of methoxy groups -OCH3 is 1. The number of benzene rings is 1. The van der Waals surface area contributed by atoms with Crippen LogP contribution in [-0.2, 0) is 14.3 Å². The van der Waals surface area contributed by atoms with E-state index in [0.717, 1.165) is 0 Å². The Morgan fingerprint density at radius 3 is 2.79 bits per heavy atom. The van der Waals surface area contributed by atoms with Crippen molar-refractivity contribution < 1.29 is 28.9 Å². The smallest absolute Gasteiger partial charge is 0.319 e. The summed E-state index contributed by atoms with van der Waals surface area (Å²) < 4.78 is 16.2. The number of anilines is 1. The number of aliphatic hydroxyl groups is 1. The van der Waals surface area contributed by atoms with E-state index >= 15 is 0 Å². The number of hydrogen-bond acceptors (Lipinski definition) is 6. The van der Waals surface area contributed by atoms with Crippen LogP contribution >= 0.6 is 0 Å². The summed E-state index contributed by atoms with van der Waals surface area (Å²) in [4.78, 5) is 26.4. The molecular formula is C20H27N3O6. The van der Waals surface area contributed by atoms with Gasteiger partial charge in [-0.15, -0.1) is 0 Å². The van der Waals surface area contributed by atoms with Crippen molar-refractivity contribution >= 4 is 17.6 Å². The fourth-order valence-corrected chi connectivity index (χ4v) is 3.27. The van der Waals surface area contributed by atoms with Crippen LogP contribution in [0.4, 0.5) is 10.5 Å². The molecule has 1 aromatic rings. The summed E-state index contributed by atoms with van der Waals surface area (Å²) in [6.07, 6.45) is 2.62. The Balaban J connectivity index is 1.53. The molecule has 158 valence electrons. The van der Waals surface area contributed by atoms with E-state index in [0.29, 0.717) is 37.7 Å². The molecule has 1 aromatic carbocycles. The van der Waals surface area contributed by atoms with Crippen LogP contribution in [0.2, 0.25) is 0 Å². The van der Waals surface area contributed by atoms with Crippen molar-refractivity contribution in [2.75, 3.05) is 45.3 Å². The molecule has 2 aliphatic heterocycles. The van der Waals surface area contributed by atoms with Crippen LogP contribution in [0.5, 0.6) is 5.75 Å². The molecule has 0 aliphatic carbocycles. The molecule has 3 N–H and O–H groups in total. The van der Waals surface area contributed by atoms with Crippen LogP contribution < -0.4 is 15.4 Å². The Bertz CT molecular complexity index is 735. The zero-order valence-electron chi connectivity index (χ0n) is 16.4. The molecule has 3 amide bonds. The molecule has 3 atom stereocenters. The number of morpholine rings is 1. The van der Waals surface area contributed by atoms with Gasteiger partial charge in [-0.25, -0.2) is 4.79 Å². The molecule has 1 fully saturated rings. The molecule has 2 aliphatic rings. The van der Waals surface area contributed by atoms with Crippen LogP contribution in [0, 0.1) is 0 Å². The third-order valence-electron chi connectivity index (χ3n) is 4.83. The maximum Gasteiger partial charge on any atom is 0.319 e. The molecule has 2 heterocycles. The SMILES string of the molecule is COc1cccc(NC(=O)N[C@@H]2C=C[C@H](CC(=O)N3CCOCC3)O[C@@H]2CO)c1. The van der Waals surface area contributed by atoms with Gasteiger partial charge in [0.2, 0.25) is 5.91 Å². The van der Waals surface area contributed by atoms with Crippen molar-refractivity contribution in [1.82, 2.24) is 10.2 Å². The number of carbonyl (C=O) groups excluding carboxylic acids is 2. The normalized spacial score (nSPS) is 24.1. The Hall–Kier alpha value is -2.62. The van der Waals surface area contributed by atoms with Gasteiger partial charge in [0.1, 0.15) is 11.9 Å². The molecule has 3 rings (SSSR count). The third-order valence-corrected chi connectivity index (χ3v) is 4.83. The lowest BCUT2D eigenvalue weighted by molar-refractivity contribution is -0.139. The highest BCUT2D eigenvalue weighted by atomic mass is 16.5. The second kappa shape index (κ2) is 10.2. The fourth-order valence-electron chi connectivity index (χ4n) is 3.27. The number of urea groups is 1. The maximum atomic E-state index is 12.4. The summed E-state index contributed by atoms with van der Waals surface area (Å²) in [6.45, 7) is 1.96. The minimum atomic E-state index is -0.640. The number of nitrogens with one attached hydrogen (secondary N) is 2. The van der Waals surface area contributed by atoms with Gasteiger partial charge >= 0.3 is 6.03 Å². The van der Waals surface area contributed by atoms with Gasteiger partial charge in [-0.05, 0) is 12.1 Å². The summed E-state index contributed by atoms with van der Waals surface area (Å²) in [6, 6.07) is 6.04. The van der Waals surface area contributed by atoms with Crippen LogP contribution in [-0.4, -0.2) is 80.2 Å². The number of aliphatic hydroxyl groups excluding tert-OH is 1. The van der Waals surface area contributed by atoms with Gasteiger partial charge in [0, 0.05) is 24.8 Å². The number of amides is 3.